The van der Waals surface area contributed by atoms with Crippen molar-refractivity contribution >= 4 is 5.97 Å². The number of rotatable bonds is 4. The minimum Gasteiger partial charge on any atom is -0.456 e. The van der Waals surface area contributed by atoms with Gasteiger partial charge in [0.15, 0.2) is 0 Å². The Labute approximate surface area is 93.0 Å². The van der Waals surface area contributed by atoms with Gasteiger partial charge >= 0.3 is 5.97 Å². The van der Waals surface area contributed by atoms with E-state index >= 15 is 0 Å². The van der Waals surface area contributed by atoms with Crippen LogP contribution in [0, 0.1) is 5.41 Å². The molecule has 0 fully saturated rings. The van der Waals surface area contributed by atoms with E-state index < -0.39 is 5.60 Å². The Balaban J connectivity index is 4.31. The molecule has 0 aliphatic rings. The zero-order valence-corrected chi connectivity index (χ0v) is 10.5. The third kappa shape index (κ3) is 7.98. The Hall–Kier alpha value is -1.05. The topological polar surface area (TPSA) is 26.3 Å². The lowest BCUT2D eigenvalue weighted by Gasteiger charge is -2.31. The van der Waals surface area contributed by atoms with Crippen molar-refractivity contribution < 1.29 is 9.53 Å². The molecule has 0 saturated carbocycles. The van der Waals surface area contributed by atoms with E-state index in [0.717, 1.165) is 6.42 Å². The summed E-state index contributed by atoms with van der Waals surface area (Å²) in [6.45, 7) is 13.7. The first-order chi connectivity index (χ1) is 6.66. The summed E-state index contributed by atoms with van der Waals surface area (Å²) < 4.78 is 5.34. The maximum atomic E-state index is 11.3. The summed E-state index contributed by atoms with van der Waals surface area (Å²) in [5.74, 6) is -0.316. The van der Waals surface area contributed by atoms with Crippen LogP contribution >= 0.6 is 0 Å². The van der Waals surface area contributed by atoms with Gasteiger partial charge in [0, 0.05) is 6.08 Å². The highest BCUT2D eigenvalue weighted by Gasteiger charge is 2.28. The molecule has 15 heavy (non-hydrogen) atoms. The van der Waals surface area contributed by atoms with E-state index in [2.05, 4.69) is 27.4 Å². The normalized spacial score (nSPS) is 12.9. The van der Waals surface area contributed by atoms with Crippen LogP contribution < -0.4 is 0 Å². The van der Waals surface area contributed by atoms with Gasteiger partial charge in [-0.1, -0.05) is 39.5 Å². The molecule has 0 spiro atoms. The van der Waals surface area contributed by atoms with Crippen LogP contribution in [0.5, 0.6) is 0 Å². The maximum Gasteiger partial charge on any atom is 0.331 e. The van der Waals surface area contributed by atoms with Gasteiger partial charge in [-0.2, -0.15) is 0 Å². The van der Waals surface area contributed by atoms with Crippen molar-refractivity contribution in [3.8, 4) is 0 Å². The molecule has 2 heteroatoms. The van der Waals surface area contributed by atoms with Crippen molar-refractivity contribution in [3.63, 3.8) is 0 Å². The Kier molecular flexibility index (Phi) is 4.79. The molecule has 0 aromatic rings. The second-order valence-corrected chi connectivity index (χ2v) is 5.51. The molecular formula is C13H22O2. The third-order valence-corrected chi connectivity index (χ3v) is 1.70. The van der Waals surface area contributed by atoms with Crippen molar-refractivity contribution in [2.45, 2.75) is 46.6 Å². The standard InChI is InChI=1S/C13H22O2/c1-7-8-9-11(14)15-13(5,6)10-12(2,3)4/h7-9H,1,10H2,2-6H3. The second-order valence-electron chi connectivity index (χ2n) is 5.51. The van der Waals surface area contributed by atoms with Crippen LogP contribution in [0.15, 0.2) is 24.8 Å². The second kappa shape index (κ2) is 5.15. The lowest BCUT2D eigenvalue weighted by molar-refractivity contribution is -0.152. The number of allylic oxidation sites excluding steroid dienone is 2. The fraction of sp³-hybridized carbons (Fsp3) is 0.615. The minimum atomic E-state index is -0.430. The number of ether oxygens (including phenoxy) is 1. The van der Waals surface area contributed by atoms with Crippen molar-refractivity contribution in [2.75, 3.05) is 0 Å². The van der Waals surface area contributed by atoms with E-state index in [1.165, 1.54) is 6.08 Å². The Morgan fingerprint density at radius 2 is 1.80 bits per heavy atom. The van der Waals surface area contributed by atoms with Crippen LogP contribution in [0.1, 0.15) is 41.0 Å². The average Bonchev–Trinajstić information content (AvgIpc) is 1.94. The highest BCUT2D eigenvalue weighted by molar-refractivity contribution is 5.82. The van der Waals surface area contributed by atoms with Gasteiger partial charge < -0.3 is 4.74 Å². The maximum absolute atomic E-state index is 11.3. The van der Waals surface area contributed by atoms with Gasteiger partial charge in [-0.15, -0.1) is 0 Å². The van der Waals surface area contributed by atoms with Gasteiger partial charge in [-0.25, -0.2) is 4.79 Å². The van der Waals surface area contributed by atoms with Crippen molar-refractivity contribution in [1.29, 1.82) is 0 Å². The van der Waals surface area contributed by atoms with Crippen LogP contribution in [0.2, 0.25) is 0 Å². The molecule has 0 radical (unpaired) electrons. The molecule has 0 aliphatic carbocycles. The monoisotopic (exact) mass is 210 g/mol. The summed E-state index contributed by atoms with van der Waals surface area (Å²) in [6.07, 6.45) is 5.35. The smallest absolute Gasteiger partial charge is 0.331 e. The summed E-state index contributed by atoms with van der Waals surface area (Å²) in [4.78, 5) is 11.3. The molecule has 0 aromatic heterocycles. The molecule has 0 heterocycles. The molecule has 86 valence electrons. The number of esters is 1. The Bertz CT molecular complexity index is 254. The van der Waals surface area contributed by atoms with Crippen LogP contribution in [0.4, 0.5) is 0 Å². The fourth-order valence-electron chi connectivity index (χ4n) is 1.77. The van der Waals surface area contributed by atoms with Crippen LogP contribution in [0.25, 0.3) is 0 Å². The van der Waals surface area contributed by atoms with E-state index in [4.69, 9.17) is 4.74 Å². The molecule has 0 atom stereocenters. The predicted molar refractivity (Wildman–Crippen MR) is 63.6 cm³/mol. The zero-order chi connectivity index (χ0) is 12.1. The summed E-state index contributed by atoms with van der Waals surface area (Å²) >= 11 is 0. The van der Waals surface area contributed by atoms with E-state index in [-0.39, 0.29) is 11.4 Å². The number of carbonyl (C=O) groups excluding carboxylic acids is 1. The zero-order valence-electron chi connectivity index (χ0n) is 10.5. The molecular weight excluding hydrogens is 188 g/mol. The molecule has 0 bridgehead atoms. The van der Waals surface area contributed by atoms with Gasteiger partial charge in [0.05, 0.1) is 0 Å². The van der Waals surface area contributed by atoms with Gasteiger partial charge in [0.2, 0.25) is 0 Å². The van der Waals surface area contributed by atoms with Crippen molar-refractivity contribution in [2.24, 2.45) is 5.41 Å². The first-order valence-electron chi connectivity index (χ1n) is 5.18. The van der Waals surface area contributed by atoms with E-state index in [1.54, 1.807) is 12.2 Å². The summed E-state index contributed by atoms with van der Waals surface area (Å²) in [6, 6.07) is 0. The summed E-state index contributed by atoms with van der Waals surface area (Å²) in [7, 11) is 0. The molecule has 0 aromatic carbocycles. The number of hydrogen-bond acceptors (Lipinski definition) is 2. The molecule has 0 unspecified atom stereocenters. The van der Waals surface area contributed by atoms with Crippen molar-refractivity contribution in [1.82, 2.24) is 0 Å². The lowest BCUT2D eigenvalue weighted by Crippen LogP contribution is -2.32. The number of hydrogen-bond donors (Lipinski definition) is 0. The summed E-state index contributed by atoms with van der Waals surface area (Å²) in [5, 5.41) is 0. The molecule has 0 amide bonds. The molecule has 0 N–H and O–H groups in total. The van der Waals surface area contributed by atoms with Crippen LogP contribution in [-0.4, -0.2) is 11.6 Å². The minimum absolute atomic E-state index is 0.145. The Morgan fingerprint density at radius 1 is 1.27 bits per heavy atom. The SMILES string of the molecule is C=CC=CC(=O)OC(C)(C)CC(C)(C)C. The Morgan fingerprint density at radius 3 is 2.20 bits per heavy atom. The predicted octanol–water partition coefficient (Wildman–Crippen LogP) is 3.49. The lowest BCUT2D eigenvalue weighted by atomic mass is 9.84. The first kappa shape index (κ1) is 13.9. The van der Waals surface area contributed by atoms with Gasteiger partial charge in [-0.3, -0.25) is 0 Å². The van der Waals surface area contributed by atoms with Gasteiger partial charge in [-0.05, 0) is 25.7 Å². The largest absolute Gasteiger partial charge is 0.456 e. The van der Waals surface area contributed by atoms with E-state index in [0.29, 0.717) is 0 Å². The highest BCUT2D eigenvalue weighted by atomic mass is 16.6. The van der Waals surface area contributed by atoms with Crippen LogP contribution in [0.3, 0.4) is 0 Å². The number of carbonyl (C=O) groups is 1. The van der Waals surface area contributed by atoms with E-state index in [1.807, 2.05) is 13.8 Å². The van der Waals surface area contributed by atoms with Crippen LogP contribution in [-0.2, 0) is 9.53 Å². The van der Waals surface area contributed by atoms with E-state index in [9.17, 15) is 4.79 Å². The average molecular weight is 210 g/mol. The molecule has 0 saturated heterocycles. The quantitative estimate of drug-likeness (QED) is 0.403. The van der Waals surface area contributed by atoms with Crippen molar-refractivity contribution in [3.05, 3.63) is 24.8 Å². The molecule has 0 aliphatic heterocycles. The third-order valence-electron chi connectivity index (χ3n) is 1.70. The fourth-order valence-corrected chi connectivity index (χ4v) is 1.77. The molecule has 0 rings (SSSR count). The van der Waals surface area contributed by atoms with Gasteiger partial charge in [0.25, 0.3) is 0 Å². The molecule has 2 nitrogen and oxygen atoms in total. The first-order valence-corrected chi connectivity index (χ1v) is 5.18. The highest BCUT2D eigenvalue weighted by Crippen LogP contribution is 2.29. The summed E-state index contributed by atoms with van der Waals surface area (Å²) in [5.41, 5.74) is -0.285. The van der Waals surface area contributed by atoms with Gasteiger partial charge in [0.1, 0.15) is 5.60 Å².